The number of ether oxygens (including phenoxy) is 2. The van der Waals surface area contributed by atoms with Crippen LogP contribution < -0.4 is 4.74 Å². The minimum absolute atomic E-state index is 0.293. The van der Waals surface area contributed by atoms with Gasteiger partial charge in [-0.05, 0) is 41.7 Å². The average molecular weight is 218 g/mol. The molecule has 2 rings (SSSR count). The first-order valence-corrected chi connectivity index (χ1v) is 5.20. The van der Waals surface area contributed by atoms with Gasteiger partial charge in [0.05, 0.1) is 14.2 Å². The lowest BCUT2D eigenvalue weighted by Gasteiger charge is -2.04. The van der Waals surface area contributed by atoms with Crippen molar-refractivity contribution in [3.05, 3.63) is 35.4 Å². The van der Waals surface area contributed by atoms with E-state index in [9.17, 15) is 4.79 Å². The van der Waals surface area contributed by atoms with Gasteiger partial charge in [0.1, 0.15) is 5.75 Å². The highest BCUT2D eigenvalue weighted by molar-refractivity contribution is 5.92. The molecule has 16 heavy (non-hydrogen) atoms. The average Bonchev–Trinajstić information content (AvgIpc) is 2.71. The number of rotatable bonds is 2. The van der Waals surface area contributed by atoms with Crippen LogP contribution in [0, 0.1) is 0 Å². The lowest BCUT2D eigenvalue weighted by molar-refractivity contribution is -0.134. The molecule has 3 nitrogen and oxygen atoms in total. The zero-order chi connectivity index (χ0) is 11.5. The second-order valence-electron chi connectivity index (χ2n) is 3.72. The van der Waals surface area contributed by atoms with Crippen molar-refractivity contribution in [2.45, 2.75) is 12.8 Å². The van der Waals surface area contributed by atoms with Crippen LogP contribution in [0.1, 0.15) is 17.5 Å². The van der Waals surface area contributed by atoms with Crippen LogP contribution in [-0.2, 0) is 16.0 Å². The van der Waals surface area contributed by atoms with E-state index in [4.69, 9.17) is 4.74 Å². The molecule has 1 aromatic rings. The maximum atomic E-state index is 11.2. The molecular formula is C13H14O3. The van der Waals surface area contributed by atoms with Crippen LogP contribution in [0.15, 0.2) is 24.3 Å². The number of methoxy groups -OCH3 is 2. The minimum Gasteiger partial charge on any atom is -0.497 e. The van der Waals surface area contributed by atoms with Crippen molar-refractivity contribution in [1.82, 2.24) is 0 Å². The topological polar surface area (TPSA) is 35.5 Å². The predicted molar refractivity (Wildman–Crippen MR) is 61.3 cm³/mol. The van der Waals surface area contributed by atoms with E-state index in [2.05, 4.69) is 4.74 Å². The SMILES string of the molecule is COC(=O)C=C1CCc2cc(OC)ccc21. The van der Waals surface area contributed by atoms with Crippen molar-refractivity contribution < 1.29 is 14.3 Å². The summed E-state index contributed by atoms with van der Waals surface area (Å²) in [4.78, 5) is 11.2. The van der Waals surface area contributed by atoms with Gasteiger partial charge in [0.2, 0.25) is 0 Å². The number of carbonyl (C=O) groups is 1. The quantitative estimate of drug-likeness (QED) is 0.564. The summed E-state index contributed by atoms with van der Waals surface area (Å²) in [5, 5.41) is 0. The maximum absolute atomic E-state index is 11.2. The maximum Gasteiger partial charge on any atom is 0.330 e. The highest BCUT2D eigenvalue weighted by Crippen LogP contribution is 2.34. The largest absolute Gasteiger partial charge is 0.497 e. The Morgan fingerprint density at radius 2 is 2.12 bits per heavy atom. The molecule has 1 aliphatic carbocycles. The van der Waals surface area contributed by atoms with E-state index in [0.29, 0.717) is 0 Å². The first kappa shape index (κ1) is 10.7. The van der Waals surface area contributed by atoms with Gasteiger partial charge in [0.15, 0.2) is 0 Å². The van der Waals surface area contributed by atoms with Crippen molar-refractivity contribution in [3.63, 3.8) is 0 Å². The molecule has 0 unspecified atom stereocenters. The molecular weight excluding hydrogens is 204 g/mol. The van der Waals surface area contributed by atoms with Crippen LogP contribution in [0.5, 0.6) is 5.75 Å². The van der Waals surface area contributed by atoms with Gasteiger partial charge in [-0.25, -0.2) is 4.79 Å². The molecule has 0 atom stereocenters. The monoisotopic (exact) mass is 218 g/mol. The van der Waals surface area contributed by atoms with E-state index in [0.717, 1.165) is 29.7 Å². The molecule has 0 heterocycles. The number of hydrogen-bond acceptors (Lipinski definition) is 3. The van der Waals surface area contributed by atoms with Crippen LogP contribution in [-0.4, -0.2) is 20.2 Å². The molecule has 1 aliphatic rings. The zero-order valence-electron chi connectivity index (χ0n) is 9.45. The van der Waals surface area contributed by atoms with Gasteiger partial charge in [-0.2, -0.15) is 0 Å². The van der Waals surface area contributed by atoms with Crippen molar-refractivity contribution >= 4 is 11.5 Å². The summed E-state index contributed by atoms with van der Waals surface area (Å²) in [6, 6.07) is 5.93. The molecule has 0 spiro atoms. The van der Waals surface area contributed by atoms with Crippen LogP contribution in [0.4, 0.5) is 0 Å². The van der Waals surface area contributed by atoms with Crippen molar-refractivity contribution in [2.75, 3.05) is 14.2 Å². The number of esters is 1. The lowest BCUT2D eigenvalue weighted by atomic mass is 10.1. The van der Waals surface area contributed by atoms with Crippen LogP contribution in [0.2, 0.25) is 0 Å². The number of allylic oxidation sites excluding steroid dienone is 1. The lowest BCUT2D eigenvalue weighted by Crippen LogP contribution is -1.95. The minimum atomic E-state index is -0.293. The van der Waals surface area contributed by atoms with Crippen LogP contribution >= 0.6 is 0 Å². The molecule has 0 amide bonds. The zero-order valence-corrected chi connectivity index (χ0v) is 9.45. The predicted octanol–water partition coefficient (Wildman–Crippen LogP) is 2.20. The molecule has 84 valence electrons. The van der Waals surface area contributed by atoms with E-state index >= 15 is 0 Å². The van der Waals surface area contributed by atoms with Crippen molar-refractivity contribution in [2.24, 2.45) is 0 Å². The van der Waals surface area contributed by atoms with E-state index in [-0.39, 0.29) is 5.97 Å². The van der Waals surface area contributed by atoms with Crippen molar-refractivity contribution in [1.29, 1.82) is 0 Å². The summed E-state index contributed by atoms with van der Waals surface area (Å²) >= 11 is 0. The Kier molecular flexibility index (Phi) is 2.95. The van der Waals surface area contributed by atoms with Gasteiger partial charge in [-0.15, -0.1) is 0 Å². The van der Waals surface area contributed by atoms with Gasteiger partial charge in [0, 0.05) is 6.08 Å². The van der Waals surface area contributed by atoms with Crippen LogP contribution in [0.25, 0.3) is 5.57 Å². The number of aryl methyl sites for hydroxylation is 1. The summed E-state index contributed by atoms with van der Waals surface area (Å²) in [6.45, 7) is 0. The Hall–Kier alpha value is -1.77. The Morgan fingerprint density at radius 1 is 1.31 bits per heavy atom. The van der Waals surface area contributed by atoms with E-state index in [1.54, 1.807) is 13.2 Å². The summed E-state index contributed by atoms with van der Waals surface area (Å²) in [6.07, 6.45) is 3.41. The molecule has 3 heteroatoms. The molecule has 0 N–H and O–H groups in total. The summed E-state index contributed by atoms with van der Waals surface area (Å²) in [7, 11) is 3.05. The highest BCUT2D eigenvalue weighted by Gasteiger charge is 2.17. The fraction of sp³-hybridized carbons (Fsp3) is 0.308. The van der Waals surface area contributed by atoms with Crippen molar-refractivity contribution in [3.8, 4) is 5.75 Å². The molecule has 0 bridgehead atoms. The molecule has 0 aromatic heterocycles. The third-order valence-electron chi connectivity index (χ3n) is 2.82. The summed E-state index contributed by atoms with van der Waals surface area (Å²) < 4.78 is 9.80. The van der Waals surface area contributed by atoms with E-state index in [1.807, 2.05) is 18.2 Å². The molecule has 0 aliphatic heterocycles. The normalized spacial score (nSPS) is 16.0. The van der Waals surface area contributed by atoms with Gasteiger partial charge < -0.3 is 9.47 Å². The first-order valence-electron chi connectivity index (χ1n) is 5.20. The third kappa shape index (κ3) is 1.94. The van der Waals surface area contributed by atoms with Gasteiger partial charge in [-0.1, -0.05) is 6.07 Å². The molecule has 0 fully saturated rings. The first-order chi connectivity index (χ1) is 7.74. The smallest absolute Gasteiger partial charge is 0.330 e. The third-order valence-corrected chi connectivity index (χ3v) is 2.82. The number of hydrogen-bond donors (Lipinski definition) is 0. The van der Waals surface area contributed by atoms with Gasteiger partial charge in [0.25, 0.3) is 0 Å². The fourth-order valence-corrected chi connectivity index (χ4v) is 1.97. The summed E-state index contributed by atoms with van der Waals surface area (Å²) in [5.41, 5.74) is 3.41. The second kappa shape index (κ2) is 4.39. The Labute approximate surface area is 94.7 Å². The highest BCUT2D eigenvalue weighted by atomic mass is 16.5. The van der Waals surface area contributed by atoms with Gasteiger partial charge >= 0.3 is 5.97 Å². The Morgan fingerprint density at radius 3 is 2.81 bits per heavy atom. The second-order valence-corrected chi connectivity index (χ2v) is 3.72. The fourth-order valence-electron chi connectivity index (χ4n) is 1.97. The standard InChI is InChI=1S/C13H14O3/c1-15-11-5-6-12-9(7-11)3-4-10(12)8-13(14)16-2/h5-8H,3-4H2,1-2H3. The summed E-state index contributed by atoms with van der Waals surface area (Å²) in [5.74, 6) is 0.566. The molecule has 0 saturated heterocycles. The van der Waals surface area contributed by atoms with Gasteiger partial charge in [-0.3, -0.25) is 0 Å². The number of carbonyl (C=O) groups excluding carboxylic acids is 1. The molecule has 0 saturated carbocycles. The molecule has 1 aromatic carbocycles. The Bertz CT molecular complexity index is 446. The van der Waals surface area contributed by atoms with E-state index in [1.165, 1.54) is 12.7 Å². The Balaban J connectivity index is 2.33. The number of fused-ring (bicyclic) bond motifs is 1. The molecule has 0 radical (unpaired) electrons. The van der Waals surface area contributed by atoms with Crippen LogP contribution in [0.3, 0.4) is 0 Å². The van der Waals surface area contributed by atoms with E-state index < -0.39 is 0 Å². The number of benzene rings is 1.